The standard InChI is InChI=1S/C13H22O/c1-9-11-4-10-5-12(9)8-13(6-10,7-11)2-3-14/h9-12,14H,2-8H2,1H3. The lowest BCUT2D eigenvalue weighted by Gasteiger charge is -2.59. The molecular weight excluding hydrogens is 172 g/mol. The second-order valence-electron chi connectivity index (χ2n) is 6.30. The summed E-state index contributed by atoms with van der Waals surface area (Å²) in [5.41, 5.74) is 0.581. The molecule has 2 unspecified atom stereocenters. The first-order valence-corrected chi connectivity index (χ1v) is 6.33. The lowest BCUT2D eigenvalue weighted by Crippen LogP contribution is -2.50. The fourth-order valence-electron chi connectivity index (χ4n) is 4.99. The van der Waals surface area contributed by atoms with Gasteiger partial charge in [0.05, 0.1) is 0 Å². The van der Waals surface area contributed by atoms with Crippen LogP contribution in [0.2, 0.25) is 0 Å². The van der Waals surface area contributed by atoms with Crippen LogP contribution in [0.4, 0.5) is 0 Å². The molecule has 1 heteroatoms. The summed E-state index contributed by atoms with van der Waals surface area (Å²) < 4.78 is 0. The molecule has 4 aliphatic rings. The third-order valence-electron chi connectivity index (χ3n) is 5.51. The zero-order valence-electron chi connectivity index (χ0n) is 9.21. The fraction of sp³-hybridized carbons (Fsp3) is 1.00. The van der Waals surface area contributed by atoms with Crippen LogP contribution in [-0.2, 0) is 0 Å². The van der Waals surface area contributed by atoms with E-state index in [1.165, 1.54) is 32.1 Å². The van der Waals surface area contributed by atoms with Crippen LogP contribution in [0.5, 0.6) is 0 Å². The minimum atomic E-state index is 0.417. The average molecular weight is 194 g/mol. The van der Waals surface area contributed by atoms with Crippen molar-refractivity contribution in [3.63, 3.8) is 0 Å². The molecular formula is C13H22O. The number of hydrogen-bond acceptors (Lipinski definition) is 1. The van der Waals surface area contributed by atoms with Crippen molar-refractivity contribution in [2.24, 2.45) is 29.1 Å². The molecule has 0 amide bonds. The van der Waals surface area contributed by atoms with Crippen LogP contribution in [0.1, 0.15) is 45.4 Å². The van der Waals surface area contributed by atoms with E-state index in [1.54, 1.807) is 0 Å². The van der Waals surface area contributed by atoms with Crippen LogP contribution in [0.25, 0.3) is 0 Å². The van der Waals surface area contributed by atoms with Gasteiger partial charge in [0.1, 0.15) is 0 Å². The Balaban J connectivity index is 1.85. The molecule has 14 heavy (non-hydrogen) atoms. The zero-order valence-corrected chi connectivity index (χ0v) is 9.21. The predicted molar refractivity (Wildman–Crippen MR) is 56.9 cm³/mol. The molecule has 0 aromatic carbocycles. The fourth-order valence-corrected chi connectivity index (χ4v) is 4.99. The van der Waals surface area contributed by atoms with Gasteiger partial charge in [0.15, 0.2) is 0 Å². The van der Waals surface area contributed by atoms with Crippen LogP contribution in [-0.4, -0.2) is 11.7 Å². The Kier molecular flexibility index (Phi) is 1.96. The molecule has 4 rings (SSSR count). The summed E-state index contributed by atoms with van der Waals surface area (Å²) in [5, 5.41) is 9.19. The monoisotopic (exact) mass is 194 g/mol. The molecule has 0 saturated heterocycles. The summed E-state index contributed by atoms with van der Waals surface area (Å²) in [5.74, 6) is 4.02. The van der Waals surface area contributed by atoms with E-state index in [0.717, 1.165) is 30.1 Å². The highest BCUT2D eigenvalue weighted by molar-refractivity contribution is 5.03. The molecule has 4 aliphatic carbocycles. The van der Waals surface area contributed by atoms with E-state index in [2.05, 4.69) is 6.92 Å². The first kappa shape index (κ1) is 9.21. The van der Waals surface area contributed by atoms with Crippen molar-refractivity contribution in [1.29, 1.82) is 0 Å². The molecule has 4 saturated carbocycles. The Bertz CT molecular complexity index is 219. The molecule has 4 fully saturated rings. The molecule has 0 spiro atoms. The highest BCUT2D eigenvalue weighted by atomic mass is 16.3. The van der Waals surface area contributed by atoms with Crippen LogP contribution < -0.4 is 0 Å². The van der Waals surface area contributed by atoms with Gasteiger partial charge in [0.25, 0.3) is 0 Å². The lowest BCUT2D eigenvalue weighted by molar-refractivity contribution is -0.0975. The molecule has 2 atom stereocenters. The van der Waals surface area contributed by atoms with E-state index in [9.17, 15) is 5.11 Å². The van der Waals surface area contributed by atoms with Gasteiger partial charge in [-0.2, -0.15) is 0 Å². The van der Waals surface area contributed by atoms with Crippen LogP contribution in [0.3, 0.4) is 0 Å². The van der Waals surface area contributed by atoms with E-state index >= 15 is 0 Å². The maximum absolute atomic E-state index is 9.19. The van der Waals surface area contributed by atoms with Crippen molar-refractivity contribution in [3.8, 4) is 0 Å². The number of hydrogen-bond donors (Lipinski definition) is 1. The quantitative estimate of drug-likeness (QED) is 0.716. The Hall–Kier alpha value is -0.0400. The largest absolute Gasteiger partial charge is 0.396 e. The van der Waals surface area contributed by atoms with E-state index < -0.39 is 0 Å². The maximum Gasteiger partial charge on any atom is 0.0436 e. The van der Waals surface area contributed by atoms with Gasteiger partial charge in [0, 0.05) is 6.61 Å². The Morgan fingerprint density at radius 3 is 2.36 bits per heavy atom. The second kappa shape index (κ2) is 2.98. The normalized spacial score (nSPS) is 55.3. The smallest absolute Gasteiger partial charge is 0.0436 e. The van der Waals surface area contributed by atoms with Gasteiger partial charge in [-0.25, -0.2) is 0 Å². The maximum atomic E-state index is 9.19. The highest BCUT2D eigenvalue weighted by Crippen LogP contribution is 2.63. The van der Waals surface area contributed by atoms with E-state index in [0.29, 0.717) is 12.0 Å². The molecule has 4 bridgehead atoms. The minimum absolute atomic E-state index is 0.417. The van der Waals surface area contributed by atoms with Crippen LogP contribution in [0.15, 0.2) is 0 Å². The molecule has 0 aromatic rings. The molecule has 0 heterocycles. The summed E-state index contributed by atoms with van der Waals surface area (Å²) in [6, 6.07) is 0. The Morgan fingerprint density at radius 1 is 1.14 bits per heavy atom. The van der Waals surface area contributed by atoms with Gasteiger partial charge >= 0.3 is 0 Å². The first-order chi connectivity index (χ1) is 6.72. The third-order valence-corrected chi connectivity index (χ3v) is 5.51. The van der Waals surface area contributed by atoms with Gasteiger partial charge in [-0.15, -0.1) is 0 Å². The predicted octanol–water partition coefficient (Wildman–Crippen LogP) is 2.83. The summed E-state index contributed by atoms with van der Waals surface area (Å²) in [7, 11) is 0. The van der Waals surface area contributed by atoms with Crippen molar-refractivity contribution >= 4 is 0 Å². The minimum Gasteiger partial charge on any atom is -0.396 e. The highest BCUT2D eigenvalue weighted by Gasteiger charge is 2.53. The van der Waals surface area contributed by atoms with Crippen LogP contribution >= 0.6 is 0 Å². The number of aliphatic hydroxyl groups excluding tert-OH is 1. The Morgan fingerprint density at radius 2 is 1.79 bits per heavy atom. The van der Waals surface area contributed by atoms with Crippen molar-refractivity contribution < 1.29 is 5.11 Å². The SMILES string of the molecule is CC1C2CC3CC1CC(CCO)(C3)C2. The van der Waals surface area contributed by atoms with Crippen molar-refractivity contribution in [2.45, 2.75) is 45.4 Å². The van der Waals surface area contributed by atoms with Gasteiger partial charge in [-0.05, 0) is 67.6 Å². The molecule has 0 aliphatic heterocycles. The van der Waals surface area contributed by atoms with Gasteiger partial charge in [-0.3, -0.25) is 0 Å². The topological polar surface area (TPSA) is 20.2 Å². The summed E-state index contributed by atoms with van der Waals surface area (Å²) >= 11 is 0. The number of aliphatic hydroxyl groups is 1. The van der Waals surface area contributed by atoms with Gasteiger partial charge in [0.2, 0.25) is 0 Å². The van der Waals surface area contributed by atoms with Crippen LogP contribution in [0, 0.1) is 29.1 Å². The molecule has 1 N–H and O–H groups in total. The van der Waals surface area contributed by atoms with E-state index in [-0.39, 0.29) is 0 Å². The Labute approximate surface area is 86.9 Å². The third kappa shape index (κ3) is 1.18. The molecule has 80 valence electrons. The van der Waals surface area contributed by atoms with E-state index in [1.807, 2.05) is 0 Å². The number of rotatable bonds is 2. The summed E-state index contributed by atoms with van der Waals surface area (Å²) in [6.07, 6.45) is 8.40. The van der Waals surface area contributed by atoms with Crippen molar-refractivity contribution in [3.05, 3.63) is 0 Å². The van der Waals surface area contributed by atoms with Crippen molar-refractivity contribution in [2.75, 3.05) is 6.61 Å². The molecule has 0 radical (unpaired) electrons. The zero-order chi connectivity index (χ0) is 9.76. The molecule has 0 aromatic heterocycles. The molecule has 1 nitrogen and oxygen atoms in total. The van der Waals surface area contributed by atoms with Crippen molar-refractivity contribution in [1.82, 2.24) is 0 Å². The van der Waals surface area contributed by atoms with Gasteiger partial charge < -0.3 is 5.11 Å². The first-order valence-electron chi connectivity index (χ1n) is 6.33. The van der Waals surface area contributed by atoms with Gasteiger partial charge in [-0.1, -0.05) is 6.92 Å². The lowest BCUT2D eigenvalue weighted by atomic mass is 9.46. The summed E-state index contributed by atoms with van der Waals surface area (Å²) in [4.78, 5) is 0. The summed E-state index contributed by atoms with van der Waals surface area (Å²) in [6.45, 7) is 2.89. The second-order valence-corrected chi connectivity index (χ2v) is 6.30. The van der Waals surface area contributed by atoms with E-state index in [4.69, 9.17) is 0 Å². The average Bonchev–Trinajstić information content (AvgIpc) is 2.12.